The number of non-ortho nitro benzene ring substituents is 1. The number of hydrogen-bond acceptors (Lipinski definition) is 7. The molecule has 33 heavy (non-hydrogen) atoms. The predicted octanol–water partition coefficient (Wildman–Crippen LogP) is 3.62. The van der Waals surface area contributed by atoms with Crippen molar-refractivity contribution in [3.8, 4) is 5.75 Å². The Morgan fingerprint density at radius 3 is 2.64 bits per heavy atom. The number of ketones is 1. The van der Waals surface area contributed by atoms with Gasteiger partial charge in [-0.1, -0.05) is 30.3 Å². The van der Waals surface area contributed by atoms with Gasteiger partial charge < -0.3 is 14.7 Å². The molecule has 3 aromatic rings. The van der Waals surface area contributed by atoms with Crippen molar-refractivity contribution in [2.45, 2.75) is 12.6 Å². The number of aliphatic hydroxyl groups excluding tert-OH is 1. The number of nitro groups is 1. The molecule has 0 saturated carbocycles. The summed E-state index contributed by atoms with van der Waals surface area (Å²) < 4.78 is 5.24. The van der Waals surface area contributed by atoms with E-state index < -0.39 is 28.4 Å². The number of pyridine rings is 1. The maximum atomic E-state index is 13.1. The minimum absolute atomic E-state index is 0.0671. The average molecular weight is 445 g/mol. The number of rotatable bonds is 6. The highest BCUT2D eigenvalue weighted by Crippen LogP contribution is 2.40. The SMILES string of the molecule is COc1cccc(CN2C(=O)C(=O)/C(=C(\O)c3cccc([N+](=O)[O-])c3)C2c2cccnc2)c1. The van der Waals surface area contributed by atoms with Crippen LogP contribution in [-0.2, 0) is 16.1 Å². The zero-order valence-corrected chi connectivity index (χ0v) is 17.5. The van der Waals surface area contributed by atoms with Gasteiger partial charge >= 0.3 is 0 Å². The van der Waals surface area contributed by atoms with Crippen LogP contribution in [0.15, 0.2) is 78.6 Å². The molecule has 1 atom stereocenters. The Kier molecular flexibility index (Phi) is 5.86. The maximum absolute atomic E-state index is 13.1. The molecular formula is C24H19N3O6. The molecule has 1 unspecified atom stereocenters. The first-order chi connectivity index (χ1) is 15.9. The summed E-state index contributed by atoms with van der Waals surface area (Å²) in [7, 11) is 1.53. The van der Waals surface area contributed by atoms with Crippen molar-refractivity contribution in [1.29, 1.82) is 0 Å². The van der Waals surface area contributed by atoms with Gasteiger partial charge in [0.25, 0.3) is 17.4 Å². The molecule has 4 rings (SSSR count). The van der Waals surface area contributed by atoms with E-state index in [1.807, 2.05) is 0 Å². The summed E-state index contributed by atoms with van der Waals surface area (Å²) in [6.07, 6.45) is 3.06. The standard InChI is InChI=1S/C24H19N3O6/c1-33-19-9-2-5-15(11-19)14-26-21(17-7-4-10-25-13-17)20(23(29)24(26)30)22(28)16-6-3-8-18(12-16)27(31)32/h2-13,21,28H,14H2,1H3/b22-20-. The zero-order chi connectivity index (χ0) is 23.5. The predicted molar refractivity (Wildman–Crippen MR) is 118 cm³/mol. The van der Waals surface area contributed by atoms with Gasteiger partial charge in [0.15, 0.2) is 0 Å². The van der Waals surface area contributed by atoms with Crippen LogP contribution in [0.4, 0.5) is 5.69 Å². The molecule has 1 amide bonds. The van der Waals surface area contributed by atoms with Crippen LogP contribution in [0.1, 0.15) is 22.7 Å². The van der Waals surface area contributed by atoms with Gasteiger partial charge in [-0.05, 0) is 29.3 Å². The molecule has 9 nitrogen and oxygen atoms in total. The highest BCUT2D eigenvalue weighted by Gasteiger charge is 2.46. The van der Waals surface area contributed by atoms with Gasteiger partial charge in [-0.25, -0.2) is 0 Å². The van der Waals surface area contributed by atoms with E-state index in [9.17, 15) is 24.8 Å². The van der Waals surface area contributed by atoms with Gasteiger partial charge in [-0.2, -0.15) is 0 Å². The molecule has 0 aliphatic carbocycles. The van der Waals surface area contributed by atoms with Gasteiger partial charge in [0.1, 0.15) is 11.5 Å². The number of ether oxygens (including phenoxy) is 1. The van der Waals surface area contributed by atoms with Gasteiger partial charge in [0.2, 0.25) is 0 Å². The average Bonchev–Trinajstić information content (AvgIpc) is 3.09. The molecule has 1 aliphatic rings. The van der Waals surface area contributed by atoms with Crippen molar-refractivity contribution in [3.63, 3.8) is 0 Å². The maximum Gasteiger partial charge on any atom is 0.295 e. The van der Waals surface area contributed by atoms with Crippen molar-refractivity contribution in [1.82, 2.24) is 9.88 Å². The monoisotopic (exact) mass is 445 g/mol. The second-order valence-electron chi connectivity index (χ2n) is 7.37. The summed E-state index contributed by atoms with van der Waals surface area (Å²) in [5.74, 6) is -1.56. The lowest BCUT2D eigenvalue weighted by Crippen LogP contribution is -2.29. The zero-order valence-electron chi connectivity index (χ0n) is 17.5. The number of hydrogen-bond donors (Lipinski definition) is 1. The smallest absolute Gasteiger partial charge is 0.295 e. The van der Waals surface area contributed by atoms with Gasteiger partial charge in [0, 0.05) is 36.6 Å². The topological polar surface area (TPSA) is 123 Å². The van der Waals surface area contributed by atoms with Gasteiger partial charge in [0.05, 0.1) is 23.6 Å². The number of methoxy groups -OCH3 is 1. The molecule has 166 valence electrons. The van der Waals surface area contributed by atoms with E-state index in [1.165, 1.54) is 36.4 Å². The largest absolute Gasteiger partial charge is 0.507 e. The van der Waals surface area contributed by atoms with Crippen LogP contribution in [0.5, 0.6) is 5.75 Å². The number of aliphatic hydroxyl groups is 1. The number of nitro benzene ring substituents is 1. The van der Waals surface area contributed by atoms with E-state index in [0.717, 1.165) is 11.6 Å². The Hall–Kier alpha value is -4.53. The van der Waals surface area contributed by atoms with Crippen LogP contribution >= 0.6 is 0 Å². The molecule has 0 spiro atoms. The first-order valence-electron chi connectivity index (χ1n) is 9.97. The number of carbonyl (C=O) groups excluding carboxylic acids is 2. The van der Waals surface area contributed by atoms with Gasteiger partial charge in [-0.15, -0.1) is 0 Å². The van der Waals surface area contributed by atoms with E-state index in [4.69, 9.17) is 4.74 Å². The number of likely N-dealkylation sites (tertiary alicyclic amines) is 1. The normalized spacial score (nSPS) is 17.2. The molecule has 1 N–H and O–H groups in total. The van der Waals surface area contributed by atoms with E-state index in [1.54, 1.807) is 42.6 Å². The number of benzene rings is 2. The van der Waals surface area contributed by atoms with Gasteiger partial charge in [-0.3, -0.25) is 24.7 Å². The summed E-state index contributed by atoms with van der Waals surface area (Å²) in [5.41, 5.74) is 0.906. The van der Waals surface area contributed by atoms with Crippen molar-refractivity contribution in [2.75, 3.05) is 7.11 Å². The molecule has 0 bridgehead atoms. The fourth-order valence-corrected chi connectivity index (χ4v) is 3.82. The van der Waals surface area contributed by atoms with Crippen molar-refractivity contribution in [3.05, 3.63) is 105 Å². The van der Waals surface area contributed by atoms with Crippen LogP contribution < -0.4 is 4.74 Å². The van der Waals surface area contributed by atoms with Crippen molar-refractivity contribution >= 4 is 23.1 Å². The lowest BCUT2D eigenvalue weighted by Gasteiger charge is -2.25. The lowest BCUT2D eigenvalue weighted by atomic mass is 9.96. The highest BCUT2D eigenvalue weighted by molar-refractivity contribution is 6.46. The number of carbonyl (C=O) groups is 2. The third-order valence-corrected chi connectivity index (χ3v) is 5.36. The molecule has 1 aliphatic heterocycles. The van der Waals surface area contributed by atoms with Crippen LogP contribution in [0.3, 0.4) is 0 Å². The van der Waals surface area contributed by atoms with E-state index >= 15 is 0 Å². The first kappa shape index (κ1) is 21.7. The molecule has 9 heteroatoms. The molecule has 1 saturated heterocycles. The Morgan fingerprint density at radius 1 is 1.15 bits per heavy atom. The number of amides is 1. The third-order valence-electron chi connectivity index (χ3n) is 5.36. The van der Waals surface area contributed by atoms with E-state index in [2.05, 4.69) is 4.98 Å². The number of nitrogens with zero attached hydrogens (tertiary/aromatic N) is 3. The Balaban J connectivity index is 1.85. The lowest BCUT2D eigenvalue weighted by molar-refractivity contribution is -0.384. The van der Waals surface area contributed by atoms with Crippen molar-refractivity contribution < 1.29 is 24.4 Å². The highest BCUT2D eigenvalue weighted by atomic mass is 16.6. The van der Waals surface area contributed by atoms with Crippen LogP contribution in [-0.4, -0.2) is 38.7 Å². The van der Waals surface area contributed by atoms with Crippen molar-refractivity contribution in [2.24, 2.45) is 0 Å². The summed E-state index contributed by atoms with van der Waals surface area (Å²) in [5, 5.41) is 22.2. The number of aromatic nitrogens is 1. The molecule has 2 heterocycles. The van der Waals surface area contributed by atoms with Crippen LogP contribution in [0, 0.1) is 10.1 Å². The Labute approximate surface area is 188 Å². The summed E-state index contributed by atoms with van der Waals surface area (Å²) in [6.45, 7) is 0.0764. The first-order valence-corrected chi connectivity index (χ1v) is 9.97. The fraction of sp³-hybridized carbons (Fsp3) is 0.125. The summed E-state index contributed by atoms with van der Waals surface area (Å²) >= 11 is 0. The Bertz CT molecular complexity index is 1270. The molecule has 1 aromatic heterocycles. The Morgan fingerprint density at radius 2 is 1.94 bits per heavy atom. The summed E-state index contributed by atoms with van der Waals surface area (Å²) in [6, 6.07) is 14.8. The molecule has 2 aromatic carbocycles. The quantitative estimate of drug-likeness (QED) is 0.202. The van der Waals surface area contributed by atoms with E-state index in [-0.39, 0.29) is 23.4 Å². The van der Waals surface area contributed by atoms with E-state index in [0.29, 0.717) is 11.3 Å². The number of Topliss-reactive ketones (excluding diaryl/α,β-unsaturated/α-hetero) is 1. The summed E-state index contributed by atoms with van der Waals surface area (Å²) in [4.78, 5) is 42.1. The van der Waals surface area contributed by atoms with Crippen LogP contribution in [0.2, 0.25) is 0 Å². The molecule has 1 fully saturated rings. The third kappa shape index (κ3) is 4.16. The minimum atomic E-state index is -0.927. The second-order valence-corrected chi connectivity index (χ2v) is 7.37. The molecule has 0 radical (unpaired) electrons. The minimum Gasteiger partial charge on any atom is -0.507 e. The fourth-order valence-electron chi connectivity index (χ4n) is 3.82. The molecular weight excluding hydrogens is 426 g/mol. The van der Waals surface area contributed by atoms with Crippen LogP contribution in [0.25, 0.3) is 5.76 Å². The second kappa shape index (κ2) is 8.91.